The Bertz CT molecular complexity index is 318. The van der Waals surface area contributed by atoms with Crippen LogP contribution in [-0.4, -0.2) is 27.2 Å². The Hall–Kier alpha value is -0.870. The highest BCUT2D eigenvalue weighted by molar-refractivity contribution is 5.08. The van der Waals surface area contributed by atoms with E-state index in [1.165, 1.54) is 0 Å². The van der Waals surface area contributed by atoms with Gasteiger partial charge in [0.2, 0.25) is 0 Å². The average Bonchev–Trinajstić information content (AvgIpc) is 2.49. The van der Waals surface area contributed by atoms with Crippen molar-refractivity contribution in [2.75, 3.05) is 6.54 Å². The van der Waals surface area contributed by atoms with Crippen molar-refractivity contribution >= 4 is 0 Å². The molecule has 3 N–H and O–H groups in total. The molecule has 0 aliphatic carbocycles. The molecule has 0 amide bonds. The molecule has 92 valence electrons. The second kappa shape index (κ2) is 5.46. The second-order valence-corrected chi connectivity index (χ2v) is 5.17. The molecule has 1 aromatic heterocycles. The van der Waals surface area contributed by atoms with Crippen molar-refractivity contribution in [1.29, 1.82) is 0 Å². The number of aliphatic hydroxyl groups is 1. The van der Waals surface area contributed by atoms with E-state index in [9.17, 15) is 5.11 Å². The van der Waals surface area contributed by atoms with E-state index >= 15 is 0 Å². The predicted octanol–water partition coefficient (Wildman–Crippen LogP) is 1.60. The van der Waals surface area contributed by atoms with Gasteiger partial charge in [-0.05, 0) is 26.2 Å². The third kappa shape index (κ3) is 4.33. The Balaban J connectivity index is 2.32. The largest absolute Gasteiger partial charge is 0.389 e. The summed E-state index contributed by atoms with van der Waals surface area (Å²) in [5, 5.41) is 13.3. The average molecular weight is 225 g/mol. The van der Waals surface area contributed by atoms with Crippen LogP contribution in [0, 0.1) is 12.8 Å². The number of aromatic amines is 1. The maximum Gasteiger partial charge on any atom is 0.0925 e. The van der Waals surface area contributed by atoms with Crippen LogP contribution in [0.5, 0.6) is 0 Å². The number of imidazole rings is 1. The molecule has 1 unspecified atom stereocenters. The number of hydrogen-bond acceptors (Lipinski definition) is 3. The molecule has 0 aliphatic heterocycles. The summed E-state index contributed by atoms with van der Waals surface area (Å²) in [5.74, 6) is 0.504. The van der Waals surface area contributed by atoms with Gasteiger partial charge in [-0.15, -0.1) is 0 Å². The number of rotatable bonds is 6. The summed E-state index contributed by atoms with van der Waals surface area (Å²) < 4.78 is 0. The van der Waals surface area contributed by atoms with Crippen molar-refractivity contribution in [2.45, 2.75) is 46.3 Å². The molecule has 0 saturated carbocycles. The first-order valence-corrected chi connectivity index (χ1v) is 5.82. The van der Waals surface area contributed by atoms with Crippen molar-refractivity contribution in [2.24, 2.45) is 5.92 Å². The fraction of sp³-hybridized carbons (Fsp3) is 0.750. The Morgan fingerprint density at radius 3 is 2.75 bits per heavy atom. The highest BCUT2D eigenvalue weighted by Gasteiger charge is 2.21. The summed E-state index contributed by atoms with van der Waals surface area (Å²) in [6, 6.07) is 0. The molecule has 4 heteroatoms. The zero-order valence-corrected chi connectivity index (χ0v) is 10.7. The zero-order valence-electron chi connectivity index (χ0n) is 10.7. The van der Waals surface area contributed by atoms with Crippen LogP contribution in [0.2, 0.25) is 0 Å². The lowest BCUT2D eigenvalue weighted by Crippen LogP contribution is -2.38. The van der Waals surface area contributed by atoms with E-state index in [4.69, 9.17) is 0 Å². The fourth-order valence-corrected chi connectivity index (χ4v) is 1.97. The monoisotopic (exact) mass is 225 g/mol. The van der Waals surface area contributed by atoms with E-state index in [-0.39, 0.29) is 0 Å². The molecule has 1 aromatic rings. The van der Waals surface area contributed by atoms with Crippen LogP contribution in [0.3, 0.4) is 0 Å². The van der Waals surface area contributed by atoms with Crippen molar-refractivity contribution in [3.63, 3.8) is 0 Å². The maximum atomic E-state index is 10.1. The van der Waals surface area contributed by atoms with Crippen LogP contribution in [0.4, 0.5) is 0 Å². The van der Waals surface area contributed by atoms with Gasteiger partial charge in [-0.25, -0.2) is 4.98 Å². The Kier molecular flexibility index (Phi) is 4.50. The van der Waals surface area contributed by atoms with Crippen LogP contribution < -0.4 is 5.32 Å². The summed E-state index contributed by atoms with van der Waals surface area (Å²) in [6.45, 7) is 9.40. The van der Waals surface area contributed by atoms with E-state index in [0.717, 1.165) is 17.8 Å². The third-order valence-corrected chi connectivity index (χ3v) is 2.58. The maximum absolute atomic E-state index is 10.1. The van der Waals surface area contributed by atoms with Crippen molar-refractivity contribution in [1.82, 2.24) is 15.3 Å². The van der Waals surface area contributed by atoms with Crippen molar-refractivity contribution in [3.8, 4) is 0 Å². The molecule has 0 aromatic carbocycles. The van der Waals surface area contributed by atoms with Crippen LogP contribution in [0.15, 0.2) is 6.33 Å². The summed E-state index contributed by atoms with van der Waals surface area (Å²) in [7, 11) is 0. The molecule has 0 spiro atoms. The molecule has 0 aliphatic rings. The topological polar surface area (TPSA) is 60.9 Å². The molecule has 0 bridgehead atoms. The van der Waals surface area contributed by atoms with Gasteiger partial charge < -0.3 is 15.4 Å². The highest BCUT2D eigenvalue weighted by Crippen LogP contribution is 2.15. The number of aromatic nitrogens is 2. The van der Waals surface area contributed by atoms with Crippen LogP contribution in [0.1, 0.15) is 38.6 Å². The van der Waals surface area contributed by atoms with Gasteiger partial charge >= 0.3 is 0 Å². The van der Waals surface area contributed by atoms with Crippen LogP contribution >= 0.6 is 0 Å². The number of nitrogens with one attached hydrogen (secondary N) is 2. The zero-order chi connectivity index (χ0) is 12.2. The minimum absolute atomic E-state index is 0.504. The molecule has 0 saturated heterocycles. The summed E-state index contributed by atoms with van der Waals surface area (Å²) in [5.41, 5.74) is 1.45. The SMILES string of the molecule is Cc1[nH]cnc1CNCC(C)(O)CC(C)C. The summed E-state index contributed by atoms with van der Waals surface area (Å²) in [4.78, 5) is 7.23. The van der Waals surface area contributed by atoms with Gasteiger partial charge in [0.05, 0.1) is 17.6 Å². The third-order valence-electron chi connectivity index (χ3n) is 2.58. The summed E-state index contributed by atoms with van der Waals surface area (Å²) in [6.07, 6.45) is 2.50. The Morgan fingerprint density at radius 2 is 2.25 bits per heavy atom. The number of H-pyrrole nitrogens is 1. The molecular formula is C12H23N3O. The standard InChI is InChI=1S/C12H23N3O/c1-9(2)5-12(4,16)7-13-6-11-10(3)14-8-15-11/h8-9,13,16H,5-7H2,1-4H3,(H,14,15). The van der Waals surface area contributed by atoms with Gasteiger partial charge in [0, 0.05) is 18.8 Å². The van der Waals surface area contributed by atoms with Crippen LogP contribution in [0.25, 0.3) is 0 Å². The number of aryl methyl sites for hydroxylation is 1. The van der Waals surface area contributed by atoms with Gasteiger partial charge in [-0.1, -0.05) is 13.8 Å². The van der Waals surface area contributed by atoms with Gasteiger partial charge in [-0.3, -0.25) is 0 Å². The van der Waals surface area contributed by atoms with E-state index in [1.54, 1.807) is 6.33 Å². The van der Waals surface area contributed by atoms with Crippen molar-refractivity contribution < 1.29 is 5.11 Å². The van der Waals surface area contributed by atoms with Crippen molar-refractivity contribution in [3.05, 3.63) is 17.7 Å². The minimum atomic E-state index is -0.640. The highest BCUT2D eigenvalue weighted by atomic mass is 16.3. The van der Waals surface area contributed by atoms with E-state index in [2.05, 4.69) is 29.1 Å². The molecule has 1 rings (SSSR count). The molecule has 1 heterocycles. The molecule has 4 nitrogen and oxygen atoms in total. The fourth-order valence-electron chi connectivity index (χ4n) is 1.97. The lowest BCUT2D eigenvalue weighted by Gasteiger charge is -2.25. The smallest absolute Gasteiger partial charge is 0.0925 e. The molecule has 16 heavy (non-hydrogen) atoms. The Labute approximate surface area is 97.5 Å². The second-order valence-electron chi connectivity index (χ2n) is 5.17. The Morgan fingerprint density at radius 1 is 1.56 bits per heavy atom. The first-order valence-electron chi connectivity index (χ1n) is 5.82. The van der Waals surface area contributed by atoms with Gasteiger partial charge in [0.15, 0.2) is 0 Å². The van der Waals surface area contributed by atoms with Gasteiger partial charge in [-0.2, -0.15) is 0 Å². The number of nitrogens with zero attached hydrogens (tertiary/aromatic N) is 1. The van der Waals surface area contributed by atoms with E-state index in [1.807, 2.05) is 13.8 Å². The van der Waals surface area contributed by atoms with E-state index in [0.29, 0.717) is 19.0 Å². The molecule has 0 fully saturated rings. The van der Waals surface area contributed by atoms with E-state index < -0.39 is 5.60 Å². The molecular weight excluding hydrogens is 202 g/mol. The molecule has 1 atom stereocenters. The minimum Gasteiger partial charge on any atom is -0.389 e. The first kappa shape index (κ1) is 13.2. The normalized spacial score (nSPS) is 15.4. The quantitative estimate of drug-likeness (QED) is 0.689. The first-order chi connectivity index (χ1) is 7.41. The van der Waals surface area contributed by atoms with Crippen LogP contribution in [-0.2, 0) is 6.54 Å². The van der Waals surface area contributed by atoms with Gasteiger partial charge in [0.25, 0.3) is 0 Å². The van der Waals surface area contributed by atoms with Gasteiger partial charge in [0.1, 0.15) is 0 Å². The predicted molar refractivity (Wildman–Crippen MR) is 65.1 cm³/mol. The summed E-state index contributed by atoms with van der Waals surface area (Å²) >= 11 is 0. The lowest BCUT2D eigenvalue weighted by molar-refractivity contribution is 0.0382. The number of hydrogen-bond donors (Lipinski definition) is 3. The lowest BCUT2D eigenvalue weighted by atomic mass is 9.94. The molecule has 0 radical (unpaired) electrons.